The summed E-state index contributed by atoms with van der Waals surface area (Å²) in [5.41, 5.74) is 2.96. The number of carbonyl (C=O) groups excluding carboxylic acids is 1. The molecule has 10 heteroatoms. The summed E-state index contributed by atoms with van der Waals surface area (Å²) in [6.45, 7) is 0.112. The molecule has 0 bridgehead atoms. The quantitative estimate of drug-likeness (QED) is 0.660. The van der Waals surface area contributed by atoms with Gasteiger partial charge in [-0.1, -0.05) is 0 Å². The highest BCUT2D eigenvalue weighted by Gasteiger charge is 2.38. The lowest BCUT2D eigenvalue weighted by Crippen LogP contribution is -2.36. The van der Waals surface area contributed by atoms with Crippen molar-refractivity contribution >= 4 is 17.1 Å². The highest BCUT2D eigenvalue weighted by molar-refractivity contribution is 6.02. The van der Waals surface area contributed by atoms with Crippen LogP contribution in [0.2, 0.25) is 0 Å². The molecule has 0 aromatic carbocycles. The lowest BCUT2D eigenvalue weighted by atomic mass is 10.1. The molecule has 0 spiro atoms. The Morgan fingerprint density at radius 3 is 2.90 bits per heavy atom. The molecule has 0 saturated carbocycles. The smallest absolute Gasteiger partial charge is 0.273 e. The van der Waals surface area contributed by atoms with Crippen LogP contribution in [0.5, 0.6) is 0 Å². The van der Waals surface area contributed by atoms with Gasteiger partial charge in [0.1, 0.15) is 12.5 Å². The van der Waals surface area contributed by atoms with Crippen LogP contribution in [0.3, 0.4) is 0 Å². The van der Waals surface area contributed by atoms with Gasteiger partial charge in [0.25, 0.3) is 5.92 Å². The number of fused-ring (bicyclic) bond motifs is 1. The molecule has 0 radical (unpaired) electrons. The molecule has 30 heavy (non-hydrogen) atoms. The zero-order valence-corrected chi connectivity index (χ0v) is 15.9. The first-order valence-corrected chi connectivity index (χ1v) is 9.64. The average molecular weight is 412 g/mol. The van der Waals surface area contributed by atoms with Crippen molar-refractivity contribution in [2.24, 2.45) is 5.92 Å². The monoisotopic (exact) mass is 412 g/mol. The van der Waals surface area contributed by atoms with E-state index in [0.29, 0.717) is 18.7 Å². The molecule has 154 valence electrons. The predicted molar refractivity (Wildman–Crippen MR) is 102 cm³/mol. The third-order valence-corrected chi connectivity index (χ3v) is 5.61. The standard InChI is InChI=1S/C20H18F2N6O2/c21-20(22)6-16(11-30-12-20)27-10-15(8-25-27)14-5-18-17(1-3-24-28(18)9-14)26-4-2-13(7-23)19(26)29/h1,3,5,8-10,13,16H,2,4,6,11-12H2. The van der Waals surface area contributed by atoms with Crippen molar-refractivity contribution in [2.75, 3.05) is 24.7 Å². The largest absolute Gasteiger partial charge is 0.373 e. The number of alkyl halides is 2. The summed E-state index contributed by atoms with van der Waals surface area (Å²) in [6.07, 6.45) is 6.93. The van der Waals surface area contributed by atoms with E-state index < -0.39 is 24.5 Å². The maximum atomic E-state index is 13.7. The Balaban J connectivity index is 1.46. The van der Waals surface area contributed by atoms with Crippen molar-refractivity contribution in [3.8, 4) is 17.2 Å². The third-order valence-electron chi connectivity index (χ3n) is 5.61. The Morgan fingerprint density at radius 1 is 1.27 bits per heavy atom. The van der Waals surface area contributed by atoms with E-state index in [1.54, 1.807) is 40.3 Å². The van der Waals surface area contributed by atoms with Crippen molar-refractivity contribution in [2.45, 2.75) is 24.8 Å². The SMILES string of the molecule is N#CC1CCN(c2ccnn3cc(-c4cnn(C5COCC(F)(F)C5)c4)cc23)C1=O. The van der Waals surface area contributed by atoms with Gasteiger partial charge in [0.2, 0.25) is 5.91 Å². The molecular formula is C20H18F2N6O2. The van der Waals surface area contributed by atoms with Gasteiger partial charge in [-0.15, -0.1) is 0 Å². The number of aromatic nitrogens is 4. The summed E-state index contributed by atoms with van der Waals surface area (Å²) in [6, 6.07) is 5.14. The molecule has 2 saturated heterocycles. The van der Waals surface area contributed by atoms with Crippen molar-refractivity contribution in [1.29, 1.82) is 5.26 Å². The molecule has 1 amide bonds. The summed E-state index contributed by atoms with van der Waals surface area (Å²) in [7, 11) is 0. The summed E-state index contributed by atoms with van der Waals surface area (Å²) in [5.74, 6) is -3.69. The summed E-state index contributed by atoms with van der Waals surface area (Å²) >= 11 is 0. The van der Waals surface area contributed by atoms with E-state index in [1.807, 2.05) is 12.1 Å². The molecule has 8 nitrogen and oxygen atoms in total. The first-order valence-electron chi connectivity index (χ1n) is 9.64. The number of rotatable bonds is 3. The molecule has 2 aliphatic rings. The van der Waals surface area contributed by atoms with E-state index >= 15 is 0 Å². The second kappa shape index (κ2) is 6.88. The van der Waals surface area contributed by atoms with E-state index in [2.05, 4.69) is 10.2 Å². The van der Waals surface area contributed by atoms with Gasteiger partial charge in [-0.05, 0) is 18.6 Å². The number of halogens is 2. The lowest BCUT2D eigenvalue weighted by molar-refractivity contribution is -0.133. The number of amides is 1. The molecule has 2 unspecified atom stereocenters. The zero-order valence-electron chi connectivity index (χ0n) is 15.9. The number of anilines is 1. The van der Waals surface area contributed by atoms with Crippen LogP contribution in [0, 0.1) is 17.2 Å². The lowest BCUT2D eigenvalue weighted by Gasteiger charge is -2.29. The predicted octanol–water partition coefficient (Wildman–Crippen LogP) is 2.67. The molecular weight excluding hydrogens is 394 g/mol. The van der Waals surface area contributed by atoms with E-state index in [-0.39, 0.29) is 18.9 Å². The van der Waals surface area contributed by atoms with E-state index in [9.17, 15) is 13.6 Å². The van der Waals surface area contributed by atoms with Gasteiger partial charge in [0, 0.05) is 42.7 Å². The second-order valence-electron chi connectivity index (χ2n) is 7.67. The maximum absolute atomic E-state index is 13.7. The van der Waals surface area contributed by atoms with Crippen molar-refractivity contribution in [1.82, 2.24) is 19.4 Å². The number of hydrogen-bond acceptors (Lipinski definition) is 5. The van der Waals surface area contributed by atoms with Gasteiger partial charge in [0.15, 0.2) is 0 Å². The Hall–Kier alpha value is -3.32. The number of nitriles is 1. The fraction of sp³-hybridized carbons (Fsp3) is 0.400. The van der Waals surface area contributed by atoms with Crippen LogP contribution in [-0.2, 0) is 9.53 Å². The Kier molecular flexibility index (Phi) is 4.29. The average Bonchev–Trinajstić information content (AvgIpc) is 3.44. The zero-order chi connectivity index (χ0) is 20.9. The molecule has 2 fully saturated rings. The summed E-state index contributed by atoms with van der Waals surface area (Å²) in [4.78, 5) is 14.1. The van der Waals surface area contributed by atoms with E-state index in [1.165, 1.54) is 4.68 Å². The van der Waals surface area contributed by atoms with Crippen LogP contribution in [0.1, 0.15) is 18.9 Å². The normalized spacial score (nSPS) is 23.8. The summed E-state index contributed by atoms with van der Waals surface area (Å²) < 4.78 is 35.5. The first kappa shape index (κ1) is 18.7. The highest BCUT2D eigenvalue weighted by Crippen LogP contribution is 2.34. The number of hydrogen-bond donors (Lipinski definition) is 0. The number of ether oxygens (including phenoxy) is 1. The Labute approximate surface area is 170 Å². The van der Waals surface area contributed by atoms with Crippen molar-refractivity contribution in [3.63, 3.8) is 0 Å². The van der Waals surface area contributed by atoms with Crippen LogP contribution in [0.4, 0.5) is 14.5 Å². The summed E-state index contributed by atoms with van der Waals surface area (Å²) in [5, 5.41) is 17.7. The van der Waals surface area contributed by atoms with Crippen LogP contribution < -0.4 is 4.90 Å². The minimum atomic E-state index is -2.86. The van der Waals surface area contributed by atoms with Crippen molar-refractivity contribution < 1.29 is 18.3 Å². The van der Waals surface area contributed by atoms with Gasteiger partial charge >= 0.3 is 0 Å². The van der Waals surface area contributed by atoms with Crippen LogP contribution in [0.15, 0.2) is 36.9 Å². The minimum absolute atomic E-state index is 0.192. The van der Waals surface area contributed by atoms with Gasteiger partial charge in [-0.25, -0.2) is 13.3 Å². The molecule has 5 heterocycles. The van der Waals surface area contributed by atoms with Crippen LogP contribution >= 0.6 is 0 Å². The van der Waals surface area contributed by atoms with Crippen molar-refractivity contribution in [3.05, 3.63) is 36.9 Å². The maximum Gasteiger partial charge on any atom is 0.273 e. The Morgan fingerprint density at radius 2 is 2.13 bits per heavy atom. The molecule has 5 rings (SSSR count). The first-order chi connectivity index (χ1) is 14.4. The number of nitrogens with zero attached hydrogens (tertiary/aromatic N) is 6. The van der Waals surface area contributed by atoms with Crippen LogP contribution in [-0.4, -0.2) is 51.0 Å². The van der Waals surface area contributed by atoms with Gasteiger partial charge in [0.05, 0.1) is 36.1 Å². The number of carbonyl (C=O) groups is 1. The molecule has 2 aliphatic heterocycles. The minimum Gasteiger partial charge on any atom is -0.373 e. The highest BCUT2D eigenvalue weighted by atomic mass is 19.3. The van der Waals surface area contributed by atoms with Gasteiger partial charge in [-0.3, -0.25) is 9.48 Å². The Bertz CT molecular complexity index is 1160. The van der Waals surface area contributed by atoms with E-state index in [0.717, 1.165) is 16.6 Å². The fourth-order valence-electron chi connectivity index (χ4n) is 4.09. The van der Waals surface area contributed by atoms with Gasteiger partial charge in [-0.2, -0.15) is 15.5 Å². The molecule has 0 aliphatic carbocycles. The molecule has 3 aromatic heterocycles. The molecule has 0 N–H and O–H groups in total. The van der Waals surface area contributed by atoms with Gasteiger partial charge < -0.3 is 9.64 Å². The van der Waals surface area contributed by atoms with E-state index in [4.69, 9.17) is 10.00 Å². The molecule has 3 aromatic rings. The second-order valence-corrected chi connectivity index (χ2v) is 7.67. The van der Waals surface area contributed by atoms with Crippen LogP contribution in [0.25, 0.3) is 16.6 Å². The third kappa shape index (κ3) is 3.11. The topological polar surface area (TPSA) is 88.4 Å². The fourth-order valence-corrected chi connectivity index (χ4v) is 4.09. The molecule has 2 atom stereocenters.